The molecule has 0 atom stereocenters. The van der Waals surface area contributed by atoms with Crippen LogP contribution in [-0.4, -0.2) is 58.4 Å². The average Bonchev–Trinajstić information content (AvgIpc) is 3.17. The molecule has 1 fully saturated rings. The van der Waals surface area contributed by atoms with Gasteiger partial charge in [-0.25, -0.2) is 13.1 Å². The van der Waals surface area contributed by atoms with E-state index in [0.717, 1.165) is 27.8 Å². The Bertz CT molecular complexity index is 1140. The van der Waals surface area contributed by atoms with Gasteiger partial charge in [0.15, 0.2) is 0 Å². The Morgan fingerprint density at radius 2 is 1.84 bits per heavy atom. The van der Waals surface area contributed by atoms with Crippen LogP contribution in [0.25, 0.3) is 22.1 Å². The van der Waals surface area contributed by atoms with Crippen molar-refractivity contribution in [1.29, 1.82) is 0 Å². The molecule has 3 N–H and O–H groups in total. The molecule has 3 aromatic rings. The van der Waals surface area contributed by atoms with Gasteiger partial charge >= 0.3 is 7.12 Å². The van der Waals surface area contributed by atoms with Crippen LogP contribution in [0.15, 0.2) is 53.1 Å². The van der Waals surface area contributed by atoms with E-state index in [1.807, 2.05) is 36.4 Å². The third-order valence-corrected chi connectivity index (χ3v) is 6.64. The molecule has 8 nitrogen and oxygen atoms in total. The van der Waals surface area contributed by atoms with Crippen LogP contribution in [0.2, 0.25) is 6.32 Å². The Kier molecular flexibility index (Phi) is 6.64. The molecular formula is C21H25BN2O6S. The van der Waals surface area contributed by atoms with Gasteiger partial charge in [0.05, 0.1) is 25.2 Å². The normalized spacial score (nSPS) is 14.8. The standard InChI is InChI=1S/C21H25BN2O6S/c25-22(26)8-9-23-31(27,28)15-16-4-3-6-19(24-10-12-29-13-11-24)21(16)18-14-30-20-7-2-1-5-17(18)20/h1-7,14,23,25-26H,8-13,15H2. The van der Waals surface area contributed by atoms with E-state index in [-0.39, 0.29) is 18.6 Å². The third kappa shape index (κ3) is 5.11. The third-order valence-electron chi connectivity index (χ3n) is 5.30. The SMILES string of the molecule is O=S(=O)(Cc1cccc(N2CCOCC2)c1-c1coc2ccccc12)NCCB(O)O. The van der Waals surface area contributed by atoms with E-state index >= 15 is 0 Å². The first-order chi connectivity index (χ1) is 14.9. The fourth-order valence-corrected chi connectivity index (χ4v) is 5.04. The van der Waals surface area contributed by atoms with Crippen LogP contribution in [0.4, 0.5) is 5.69 Å². The predicted octanol–water partition coefficient (Wildman–Crippen LogP) is 1.83. The van der Waals surface area contributed by atoms with Crippen LogP contribution >= 0.6 is 0 Å². The number of anilines is 1. The Hall–Kier alpha value is -2.37. The topological polar surface area (TPSA) is 112 Å². The van der Waals surface area contributed by atoms with E-state index in [1.165, 1.54) is 0 Å². The highest BCUT2D eigenvalue weighted by molar-refractivity contribution is 7.88. The number of rotatable bonds is 8. The highest BCUT2D eigenvalue weighted by atomic mass is 32.2. The van der Waals surface area contributed by atoms with Crippen LogP contribution in [0.3, 0.4) is 0 Å². The summed E-state index contributed by atoms with van der Waals surface area (Å²) >= 11 is 0. The van der Waals surface area contributed by atoms with Gasteiger partial charge in [-0.3, -0.25) is 0 Å². The van der Waals surface area contributed by atoms with Crippen molar-refractivity contribution in [2.24, 2.45) is 0 Å². The first kappa shape index (κ1) is 21.9. The molecule has 1 aromatic heterocycles. The second kappa shape index (κ2) is 9.41. The number of hydrogen-bond donors (Lipinski definition) is 3. The average molecular weight is 444 g/mol. The van der Waals surface area contributed by atoms with Crippen molar-refractivity contribution in [1.82, 2.24) is 4.72 Å². The quantitative estimate of drug-likeness (QED) is 0.455. The van der Waals surface area contributed by atoms with Gasteiger partial charge in [-0.1, -0.05) is 30.3 Å². The molecule has 0 bridgehead atoms. The zero-order valence-corrected chi connectivity index (χ0v) is 17.8. The lowest BCUT2D eigenvalue weighted by atomic mass is 9.87. The van der Waals surface area contributed by atoms with Gasteiger partial charge in [0.2, 0.25) is 10.0 Å². The van der Waals surface area contributed by atoms with Crippen molar-refractivity contribution < 1.29 is 27.6 Å². The molecule has 164 valence electrons. The lowest BCUT2D eigenvalue weighted by Crippen LogP contribution is -2.36. The van der Waals surface area contributed by atoms with Crippen molar-refractivity contribution in [3.63, 3.8) is 0 Å². The van der Waals surface area contributed by atoms with Gasteiger partial charge in [0.1, 0.15) is 5.58 Å². The van der Waals surface area contributed by atoms with Crippen LogP contribution < -0.4 is 9.62 Å². The number of nitrogens with zero attached hydrogens (tertiary/aromatic N) is 1. The van der Waals surface area contributed by atoms with Gasteiger partial charge in [-0.15, -0.1) is 0 Å². The van der Waals surface area contributed by atoms with E-state index in [4.69, 9.17) is 19.2 Å². The highest BCUT2D eigenvalue weighted by Gasteiger charge is 2.24. The molecule has 0 unspecified atom stereocenters. The molecule has 2 heterocycles. The maximum Gasteiger partial charge on any atom is 0.452 e. The zero-order valence-electron chi connectivity index (χ0n) is 17.0. The fraction of sp³-hybridized carbons (Fsp3) is 0.333. The summed E-state index contributed by atoms with van der Waals surface area (Å²) in [5.74, 6) is -0.235. The van der Waals surface area contributed by atoms with Crippen LogP contribution in [0.5, 0.6) is 0 Å². The van der Waals surface area contributed by atoms with Gasteiger partial charge in [-0.05, 0) is 24.0 Å². The minimum Gasteiger partial charge on any atom is -0.464 e. The number of furan rings is 1. The van der Waals surface area contributed by atoms with E-state index in [1.54, 1.807) is 12.3 Å². The number of morpholine rings is 1. The van der Waals surface area contributed by atoms with Crippen molar-refractivity contribution in [3.8, 4) is 11.1 Å². The number of ether oxygens (including phenoxy) is 1. The number of nitrogens with one attached hydrogen (secondary N) is 1. The molecule has 0 saturated carbocycles. The van der Waals surface area contributed by atoms with E-state index in [0.29, 0.717) is 31.9 Å². The van der Waals surface area contributed by atoms with Crippen molar-refractivity contribution in [3.05, 3.63) is 54.3 Å². The molecule has 4 rings (SSSR count). The molecule has 2 aromatic carbocycles. The monoisotopic (exact) mass is 444 g/mol. The lowest BCUT2D eigenvalue weighted by Gasteiger charge is -2.31. The molecular weight excluding hydrogens is 419 g/mol. The Morgan fingerprint density at radius 3 is 2.61 bits per heavy atom. The molecule has 1 saturated heterocycles. The van der Waals surface area contributed by atoms with Crippen molar-refractivity contribution >= 4 is 33.8 Å². The molecule has 0 amide bonds. The molecule has 0 aliphatic carbocycles. The number of hydrogen-bond acceptors (Lipinski definition) is 7. The Morgan fingerprint density at radius 1 is 1.06 bits per heavy atom. The molecule has 0 spiro atoms. The molecule has 31 heavy (non-hydrogen) atoms. The van der Waals surface area contributed by atoms with Gasteiger partial charge in [0.25, 0.3) is 0 Å². The summed E-state index contributed by atoms with van der Waals surface area (Å²) in [6.45, 7) is 2.60. The van der Waals surface area contributed by atoms with Crippen LogP contribution in [-0.2, 0) is 20.5 Å². The summed E-state index contributed by atoms with van der Waals surface area (Å²) in [5.41, 5.74) is 3.98. The summed E-state index contributed by atoms with van der Waals surface area (Å²) in [6, 6.07) is 13.3. The van der Waals surface area contributed by atoms with Crippen LogP contribution in [0, 0.1) is 0 Å². The molecule has 10 heteroatoms. The maximum atomic E-state index is 12.7. The number of para-hydroxylation sites is 1. The molecule has 1 aliphatic rings. The van der Waals surface area contributed by atoms with Gasteiger partial charge < -0.3 is 24.1 Å². The highest BCUT2D eigenvalue weighted by Crippen LogP contribution is 2.40. The van der Waals surface area contributed by atoms with Crippen molar-refractivity contribution in [2.45, 2.75) is 12.1 Å². The number of benzene rings is 2. The van der Waals surface area contributed by atoms with E-state index in [2.05, 4.69) is 9.62 Å². The van der Waals surface area contributed by atoms with Gasteiger partial charge in [-0.2, -0.15) is 0 Å². The summed E-state index contributed by atoms with van der Waals surface area (Å²) in [5, 5.41) is 18.9. The minimum atomic E-state index is -3.69. The second-order valence-corrected chi connectivity index (χ2v) is 9.29. The number of sulfonamides is 1. The van der Waals surface area contributed by atoms with Gasteiger partial charge in [0, 0.05) is 41.8 Å². The lowest BCUT2D eigenvalue weighted by molar-refractivity contribution is 0.123. The Balaban J connectivity index is 1.76. The smallest absolute Gasteiger partial charge is 0.452 e. The summed E-state index contributed by atoms with van der Waals surface area (Å²) in [4.78, 5) is 2.20. The van der Waals surface area contributed by atoms with E-state index in [9.17, 15) is 8.42 Å². The molecule has 1 aliphatic heterocycles. The fourth-order valence-electron chi connectivity index (χ4n) is 3.86. The van der Waals surface area contributed by atoms with E-state index < -0.39 is 17.1 Å². The molecule has 0 radical (unpaired) electrons. The maximum absolute atomic E-state index is 12.7. The van der Waals surface area contributed by atoms with Crippen molar-refractivity contribution in [2.75, 3.05) is 37.7 Å². The summed E-state index contributed by atoms with van der Waals surface area (Å²) in [7, 11) is -5.25. The minimum absolute atomic E-state index is 0.0485. The first-order valence-electron chi connectivity index (χ1n) is 10.2. The largest absolute Gasteiger partial charge is 0.464 e. The number of fused-ring (bicyclic) bond motifs is 1. The second-order valence-electron chi connectivity index (χ2n) is 7.48. The zero-order chi connectivity index (χ0) is 21.8. The summed E-state index contributed by atoms with van der Waals surface area (Å²) < 4.78 is 39.1. The summed E-state index contributed by atoms with van der Waals surface area (Å²) in [6.07, 6.45) is 1.60. The predicted molar refractivity (Wildman–Crippen MR) is 120 cm³/mol. The first-order valence-corrected chi connectivity index (χ1v) is 11.8. The van der Waals surface area contributed by atoms with Crippen LogP contribution in [0.1, 0.15) is 5.56 Å². The Labute approximate surface area is 181 Å².